The molecule has 0 aliphatic carbocycles. The number of carbonyl (C=O) groups is 1. The van der Waals surface area contributed by atoms with E-state index in [0.29, 0.717) is 12.1 Å². The Hall–Kier alpha value is -3.77. The van der Waals surface area contributed by atoms with Crippen molar-refractivity contribution in [1.82, 2.24) is 4.90 Å². The Labute approximate surface area is 202 Å². The van der Waals surface area contributed by atoms with Crippen LogP contribution >= 0.6 is 0 Å². The first-order valence-corrected chi connectivity index (χ1v) is 11.4. The number of aryl methyl sites for hydroxylation is 2. The fourth-order valence-corrected chi connectivity index (χ4v) is 3.50. The molecule has 34 heavy (non-hydrogen) atoms. The number of nitrogens with one attached hydrogen (secondary N) is 1. The molecule has 3 rings (SSSR count). The van der Waals surface area contributed by atoms with Gasteiger partial charge in [0.15, 0.2) is 0 Å². The molecule has 0 saturated heterocycles. The zero-order valence-electron chi connectivity index (χ0n) is 20.3. The lowest BCUT2D eigenvalue weighted by molar-refractivity contribution is -0.401. The molecule has 0 fully saturated rings. The van der Waals surface area contributed by atoms with E-state index in [2.05, 4.69) is 24.1 Å². The maximum atomic E-state index is 11.9. The quantitative estimate of drug-likeness (QED) is 0.334. The van der Waals surface area contributed by atoms with Gasteiger partial charge in [-0.15, -0.1) is 0 Å². The van der Waals surface area contributed by atoms with E-state index in [4.69, 9.17) is 0 Å². The minimum Gasteiger partial charge on any atom is -0.324 e. The first-order chi connectivity index (χ1) is 16.3. The van der Waals surface area contributed by atoms with Crippen molar-refractivity contribution >= 4 is 17.2 Å². The highest BCUT2D eigenvalue weighted by Gasteiger charge is 2.10. The SMILES string of the molecule is CCN(CC)CC(=O)Nc1c(C)cccc1C.O=[N+]([O-])C=C(c1ccccc1)c1ccccc1. The zero-order chi connectivity index (χ0) is 24.9. The number of carbonyl (C=O) groups excluding carboxylic acids is 1. The predicted molar refractivity (Wildman–Crippen MR) is 139 cm³/mol. The van der Waals surface area contributed by atoms with Crippen molar-refractivity contribution < 1.29 is 9.72 Å². The fraction of sp³-hybridized carbons (Fsp3) is 0.250. The second-order valence-corrected chi connectivity index (χ2v) is 7.84. The lowest BCUT2D eigenvalue weighted by atomic mass is 9.99. The average Bonchev–Trinajstić information content (AvgIpc) is 2.85. The number of likely N-dealkylation sites (N-methyl/N-ethyl adjacent to an activating group) is 1. The van der Waals surface area contributed by atoms with E-state index in [1.165, 1.54) is 0 Å². The summed E-state index contributed by atoms with van der Waals surface area (Å²) in [7, 11) is 0. The summed E-state index contributed by atoms with van der Waals surface area (Å²) >= 11 is 0. The summed E-state index contributed by atoms with van der Waals surface area (Å²) in [6, 6.07) is 24.7. The number of nitro groups is 1. The maximum absolute atomic E-state index is 11.9. The molecule has 0 atom stereocenters. The van der Waals surface area contributed by atoms with Crippen molar-refractivity contribution in [3.63, 3.8) is 0 Å². The Balaban J connectivity index is 0.000000240. The number of hydrogen-bond donors (Lipinski definition) is 1. The molecular weight excluding hydrogens is 426 g/mol. The van der Waals surface area contributed by atoms with Gasteiger partial charge in [-0.2, -0.15) is 0 Å². The predicted octanol–water partition coefficient (Wildman–Crippen LogP) is 5.94. The summed E-state index contributed by atoms with van der Waals surface area (Å²) in [5.41, 5.74) is 5.47. The van der Waals surface area contributed by atoms with Crippen LogP contribution in [0.15, 0.2) is 85.1 Å². The molecule has 6 nitrogen and oxygen atoms in total. The third kappa shape index (κ3) is 8.30. The Bertz CT molecular complexity index is 1030. The highest BCUT2D eigenvalue weighted by atomic mass is 16.6. The van der Waals surface area contributed by atoms with Crippen LogP contribution in [0, 0.1) is 24.0 Å². The van der Waals surface area contributed by atoms with Crippen LogP contribution in [0.1, 0.15) is 36.1 Å². The number of para-hydroxylation sites is 1. The molecule has 0 unspecified atom stereocenters. The monoisotopic (exact) mass is 459 g/mol. The van der Waals surface area contributed by atoms with Crippen molar-refractivity contribution in [3.8, 4) is 0 Å². The summed E-state index contributed by atoms with van der Waals surface area (Å²) in [6.07, 6.45) is 1.05. The van der Waals surface area contributed by atoms with E-state index < -0.39 is 4.92 Å². The topological polar surface area (TPSA) is 75.5 Å². The average molecular weight is 460 g/mol. The van der Waals surface area contributed by atoms with Crippen LogP contribution in [0.25, 0.3) is 5.57 Å². The van der Waals surface area contributed by atoms with Crippen LogP contribution in [0.4, 0.5) is 5.69 Å². The van der Waals surface area contributed by atoms with Crippen LogP contribution in [-0.4, -0.2) is 35.4 Å². The van der Waals surface area contributed by atoms with E-state index in [1.54, 1.807) is 0 Å². The van der Waals surface area contributed by atoms with Crippen LogP contribution in [0.3, 0.4) is 0 Å². The zero-order valence-corrected chi connectivity index (χ0v) is 20.3. The van der Waals surface area contributed by atoms with Gasteiger partial charge >= 0.3 is 0 Å². The fourth-order valence-electron chi connectivity index (χ4n) is 3.50. The molecule has 0 aliphatic heterocycles. The third-order valence-corrected chi connectivity index (χ3v) is 5.41. The van der Waals surface area contributed by atoms with Gasteiger partial charge in [0.2, 0.25) is 12.1 Å². The standard InChI is InChI=1S/C14H22N2O.C14H11NO2/c1-5-16(6-2)10-13(17)15-14-11(3)8-7-9-12(14)4;16-15(17)11-14(12-7-3-1-4-8-12)13-9-5-2-6-10-13/h7-9H,5-6,10H2,1-4H3,(H,15,17);1-11H. The normalized spacial score (nSPS) is 10.1. The Morgan fingerprint density at radius 2 is 1.32 bits per heavy atom. The van der Waals surface area contributed by atoms with Crippen molar-refractivity contribution in [2.45, 2.75) is 27.7 Å². The van der Waals surface area contributed by atoms with Gasteiger partial charge in [-0.25, -0.2) is 0 Å². The lowest BCUT2D eigenvalue weighted by Crippen LogP contribution is -2.33. The first-order valence-electron chi connectivity index (χ1n) is 11.4. The Morgan fingerprint density at radius 1 is 0.853 bits per heavy atom. The molecule has 0 aromatic heterocycles. The summed E-state index contributed by atoms with van der Waals surface area (Å²) in [5, 5.41) is 13.7. The summed E-state index contributed by atoms with van der Waals surface area (Å²) < 4.78 is 0. The lowest BCUT2D eigenvalue weighted by Gasteiger charge is -2.18. The second kappa shape index (κ2) is 13.7. The van der Waals surface area contributed by atoms with Gasteiger partial charge in [0.05, 0.1) is 17.0 Å². The van der Waals surface area contributed by atoms with E-state index in [-0.39, 0.29) is 5.91 Å². The largest absolute Gasteiger partial charge is 0.324 e. The minimum absolute atomic E-state index is 0.0612. The molecule has 0 bridgehead atoms. The first kappa shape index (κ1) is 26.5. The number of hydrogen-bond acceptors (Lipinski definition) is 4. The Kier molecular flexibility index (Phi) is 10.7. The van der Waals surface area contributed by atoms with E-state index in [0.717, 1.165) is 47.2 Å². The molecule has 1 amide bonds. The minimum atomic E-state index is -0.421. The van der Waals surface area contributed by atoms with Crippen LogP contribution in [-0.2, 0) is 4.79 Å². The number of benzene rings is 3. The van der Waals surface area contributed by atoms with E-state index >= 15 is 0 Å². The van der Waals surface area contributed by atoms with Gasteiger partial charge in [-0.3, -0.25) is 19.8 Å². The number of nitrogens with zero attached hydrogens (tertiary/aromatic N) is 2. The van der Waals surface area contributed by atoms with Crippen molar-refractivity contribution in [2.75, 3.05) is 25.0 Å². The molecule has 0 saturated carbocycles. The van der Waals surface area contributed by atoms with Gasteiger partial charge in [0, 0.05) is 5.69 Å². The number of anilines is 1. The smallest absolute Gasteiger partial charge is 0.242 e. The van der Waals surface area contributed by atoms with Crippen LogP contribution in [0.2, 0.25) is 0 Å². The maximum Gasteiger partial charge on any atom is 0.242 e. The van der Waals surface area contributed by atoms with Crippen molar-refractivity contribution in [1.29, 1.82) is 0 Å². The summed E-state index contributed by atoms with van der Waals surface area (Å²) in [6.45, 7) is 10.4. The Morgan fingerprint density at radius 3 is 1.74 bits per heavy atom. The van der Waals surface area contributed by atoms with Gasteiger partial charge in [0.25, 0.3) is 0 Å². The molecule has 3 aromatic rings. The van der Waals surface area contributed by atoms with Crippen LogP contribution < -0.4 is 5.32 Å². The highest BCUT2D eigenvalue weighted by molar-refractivity contribution is 5.93. The van der Waals surface area contributed by atoms with Gasteiger partial charge < -0.3 is 5.32 Å². The highest BCUT2D eigenvalue weighted by Crippen LogP contribution is 2.23. The molecule has 0 aliphatic rings. The molecule has 6 heteroatoms. The third-order valence-electron chi connectivity index (χ3n) is 5.41. The number of amides is 1. The number of rotatable bonds is 8. The molecule has 3 aromatic carbocycles. The van der Waals surface area contributed by atoms with E-state index in [9.17, 15) is 14.9 Å². The summed E-state index contributed by atoms with van der Waals surface area (Å²) in [5.74, 6) is 0.0612. The van der Waals surface area contributed by atoms with Gasteiger partial charge in [0.1, 0.15) is 0 Å². The van der Waals surface area contributed by atoms with Gasteiger partial charge in [-0.05, 0) is 49.2 Å². The molecule has 178 valence electrons. The van der Waals surface area contributed by atoms with E-state index in [1.807, 2.05) is 92.7 Å². The van der Waals surface area contributed by atoms with Gasteiger partial charge in [-0.1, -0.05) is 92.7 Å². The molecular formula is C28H33N3O3. The molecule has 0 heterocycles. The molecule has 0 radical (unpaired) electrons. The van der Waals surface area contributed by atoms with Crippen molar-refractivity contribution in [3.05, 3.63) is 117 Å². The summed E-state index contributed by atoms with van der Waals surface area (Å²) in [4.78, 5) is 24.3. The second-order valence-electron chi connectivity index (χ2n) is 7.84. The molecule has 0 spiro atoms. The van der Waals surface area contributed by atoms with Crippen molar-refractivity contribution in [2.24, 2.45) is 0 Å². The molecule has 1 N–H and O–H groups in total. The van der Waals surface area contributed by atoms with Crippen LogP contribution in [0.5, 0.6) is 0 Å².